The number of nitrogens with zero attached hydrogens (tertiary/aromatic N) is 1. The molecule has 4 heteroatoms. The Morgan fingerprint density at radius 1 is 1.06 bits per heavy atom. The van der Waals surface area contributed by atoms with Crippen molar-refractivity contribution in [2.75, 3.05) is 13.1 Å². The Hall–Kier alpha value is -1.89. The third-order valence-electron chi connectivity index (χ3n) is 2.63. The summed E-state index contributed by atoms with van der Waals surface area (Å²) in [6.45, 7) is 1.64. The van der Waals surface area contributed by atoms with Crippen LogP contribution >= 0.6 is 0 Å². The highest BCUT2D eigenvalue weighted by Gasteiger charge is 2.29. The first-order valence-electron chi connectivity index (χ1n) is 5.64. The van der Waals surface area contributed by atoms with Gasteiger partial charge in [-0.1, -0.05) is 12.2 Å². The molecule has 0 atom stereocenters. The number of rotatable bonds is 0. The maximum absolute atomic E-state index is 12.3. The maximum atomic E-state index is 12.3. The second-order valence-corrected chi connectivity index (χ2v) is 4.02. The van der Waals surface area contributed by atoms with E-state index in [1.807, 2.05) is 11.0 Å². The van der Waals surface area contributed by atoms with Crippen LogP contribution in [0.2, 0.25) is 0 Å². The molecule has 1 heterocycles. The van der Waals surface area contributed by atoms with Crippen LogP contribution in [0.25, 0.3) is 0 Å². The molecule has 0 fully saturated rings. The van der Waals surface area contributed by atoms with Crippen molar-refractivity contribution in [1.82, 2.24) is 4.90 Å². The summed E-state index contributed by atoms with van der Waals surface area (Å²) in [5, 5.41) is 0. The van der Waals surface area contributed by atoms with E-state index < -0.39 is 11.7 Å². The molecule has 0 unspecified atom stereocenters. The second kappa shape index (κ2) is 5.18. The van der Waals surface area contributed by atoms with Crippen LogP contribution in [0.3, 0.4) is 0 Å². The number of halogens is 3. The average molecular weight is 251 g/mol. The second-order valence-electron chi connectivity index (χ2n) is 4.02. The third-order valence-corrected chi connectivity index (χ3v) is 2.63. The largest absolute Gasteiger partial charge is 0.416 e. The number of benzene rings is 1. The molecular formula is C14H12F3N. The van der Waals surface area contributed by atoms with E-state index in [-0.39, 0.29) is 0 Å². The summed E-state index contributed by atoms with van der Waals surface area (Å²) in [7, 11) is 0. The number of hydrogen-bond donors (Lipinski definition) is 0. The molecule has 1 aromatic rings. The van der Waals surface area contributed by atoms with Crippen molar-refractivity contribution in [3.8, 4) is 12.0 Å². The molecule has 2 rings (SSSR count). The monoisotopic (exact) mass is 251 g/mol. The Morgan fingerprint density at radius 2 is 1.78 bits per heavy atom. The van der Waals surface area contributed by atoms with Crippen molar-refractivity contribution in [2.45, 2.75) is 12.6 Å². The lowest BCUT2D eigenvalue weighted by Gasteiger charge is -2.17. The first-order chi connectivity index (χ1) is 8.55. The third kappa shape index (κ3) is 3.30. The zero-order valence-electron chi connectivity index (χ0n) is 9.67. The molecular weight excluding hydrogens is 239 g/mol. The molecule has 0 saturated heterocycles. The molecule has 1 nitrogen and oxygen atoms in total. The minimum atomic E-state index is -4.29. The Kier molecular flexibility index (Phi) is 3.61. The standard InChI is InChI=1S/C14H12F3N/c15-14(16,17)13-6-4-12(5-7-13)8-11-18-9-2-1-3-10-18/h1-2,4-7H,3,9-10H2. The lowest BCUT2D eigenvalue weighted by molar-refractivity contribution is -0.137. The van der Waals surface area contributed by atoms with E-state index >= 15 is 0 Å². The Bertz CT molecular complexity index is 489. The minimum absolute atomic E-state index is 0.595. The molecule has 1 aliphatic rings. The van der Waals surface area contributed by atoms with Gasteiger partial charge in [-0.05, 0) is 36.6 Å². The Morgan fingerprint density at radius 3 is 2.33 bits per heavy atom. The summed E-state index contributed by atoms with van der Waals surface area (Å²) in [4.78, 5) is 1.94. The highest BCUT2D eigenvalue weighted by atomic mass is 19.4. The maximum Gasteiger partial charge on any atom is 0.416 e. The van der Waals surface area contributed by atoms with Gasteiger partial charge in [0.1, 0.15) is 0 Å². The van der Waals surface area contributed by atoms with Crippen LogP contribution in [-0.4, -0.2) is 18.0 Å². The SMILES string of the molecule is FC(F)(F)c1ccc(C#CN2CC=CCC2)cc1. The number of hydrogen-bond acceptors (Lipinski definition) is 1. The first kappa shape index (κ1) is 12.6. The summed E-state index contributed by atoms with van der Waals surface area (Å²) in [5.74, 6) is 2.87. The van der Waals surface area contributed by atoms with Crippen LogP contribution in [0.4, 0.5) is 13.2 Å². The van der Waals surface area contributed by atoms with Gasteiger partial charge in [0.2, 0.25) is 0 Å². The molecule has 94 valence electrons. The van der Waals surface area contributed by atoms with E-state index in [4.69, 9.17) is 0 Å². The van der Waals surface area contributed by atoms with Crippen molar-refractivity contribution in [3.05, 3.63) is 47.5 Å². The zero-order valence-corrected chi connectivity index (χ0v) is 9.67. The van der Waals surface area contributed by atoms with Gasteiger partial charge in [0.05, 0.1) is 5.56 Å². The highest BCUT2D eigenvalue weighted by Crippen LogP contribution is 2.28. The van der Waals surface area contributed by atoms with Gasteiger partial charge < -0.3 is 4.90 Å². The average Bonchev–Trinajstić information content (AvgIpc) is 2.37. The first-order valence-corrected chi connectivity index (χ1v) is 5.64. The smallest absolute Gasteiger partial charge is 0.328 e. The quantitative estimate of drug-likeness (QED) is 0.505. The number of alkyl halides is 3. The summed E-state index contributed by atoms with van der Waals surface area (Å²) >= 11 is 0. The fourth-order valence-corrected chi connectivity index (χ4v) is 1.63. The Balaban J connectivity index is 2.07. The summed E-state index contributed by atoms with van der Waals surface area (Å²) in [6, 6.07) is 7.86. The molecule has 0 N–H and O–H groups in total. The Labute approximate surface area is 104 Å². The van der Waals surface area contributed by atoms with Crippen LogP contribution in [0, 0.1) is 12.0 Å². The minimum Gasteiger partial charge on any atom is -0.328 e. The van der Waals surface area contributed by atoms with Crippen molar-refractivity contribution in [3.63, 3.8) is 0 Å². The predicted molar refractivity (Wildman–Crippen MR) is 63.7 cm³/mol. The molecule has 0 radical (unpaired) electrons. The zero-order chi connectivity index (χ0) is 13.0. The summed E-state index contributed by atoms with van der Waals surface area (Å²) in [6.07, 6.45) is 0.798. The summed E-state index contributed by atoms with van der Waals surface area (Å²) < 4.78 is 37.0. The van der Waals surface area contributed by atoms with Crippen LogP contribution in [0.5, 0.6) is 0 Å². The van der Waals surface area contributed by atoms with Crippen molar-refractivity contribution in [2.24, 2.45) is 0 Å². The van der Waals surface area contributed by atoms with Gasteiger partial charge in [-0.3, -0.25) is 0 Å². The lowest BCUT2D eigenvalue weighted by atomic mass is 10.1. The van der Waals surface area contributed by atoms with E-state index in [9.17, 15) is 13.2 Å². The molecule has 0 aromatic heterocycles. The van der Waals surface area contributed by atoms with Gasteiger partial charge in [-0.25, -0.2) is 0 Å². The van der Waals surface area contributed by atoms with E-state index in [2.05, 4.69) is 18.0 Å². The van der Waals surface area contributed by atoms with E-state index in [0.717, 1.165) is 31.6 Å². The van der Waals surface area contributed by atoms with Gasteiger partial charge in [0.15, 0.2) is 0 Å². The van der Waals surface area contributed by atoms with E-state index in [1.54, 1.807) is 0 Å². The summed E-state index contributed by atoms with van der Waals surface area (Å²) in [5.41, 5.74) is -0.0495. The van der Waals surface area contributed by atoms with Gasteiger partial charge in [-0.15, -0.1) is 0 Å². The molecule has 0 amide bonds. The topological polar surface area (TPSA) is 3.24 Å². The molecule has 0 spiro atoms. The normalized spacial score (nSPS) is 15.2. The van der Waals surface area contributed by atoms with E-state index in [0.29, 0.717) is 5.56 Å². The van der Waals surface area contributed by atoms with Gasteiger partial charge in [0, 0.05) is 24.7 Å². The molecule has 1 aliphatic heterocycles. The molecule has 0 bridgehead atoms. The van der Waals surface area contributed by atoms with Gasteiger partial charge >= 0.3 is 6.18 Å². The fraction of sp³-hybridized carbons (Fsp3) is 0.286. The van der Waals surface area contributed by atoms with Crippen molar-refractivity contribution >= 4 is 0 Å². The van der Waals surface area contributed by atoms with Crippen molar-refractivity contribution < 1.29 is 13.2 Å². The van der Waals surface area contributed by atoms with Crippen LogP contribution in [-0.2, 0) is 6.18 Å². The predicted octanol–water partition coefficient (Wildman–Crippen LogP) is 3.28. The van der Waals surface area contributed by atoms with Crippen LogP contribution in [0.15, 0.2) is 36.4 Å². The van der Waals surface area contributed by atoms with Crippen LogP contribution in [0.1, 0.15) is 17.5 Å². The fourth-order valence-electron chi connectivity index (χ4n) is 1.63. The molecule has 1 aromatic carbocycles. The van der Waals surface area contributed by atoms with Crippen LogP contribution < -0.4 is 0 Å². The molecule has 0 saturated carbocycles. The van der Waals surface area contributed by atoms with E-state index in [1.165, 1.54) is 12.1 Å². The van der Waals surface area contributed by atoms with Gasteiger partial charge in [0.25, 0.3) is 0 Å². The molecule has 18 heavy (non-hydrogen) atoms. The highest BCUT2D eigenvalue weighted by molar-refractivity contribution is 5.36. The lowest BCUT2D eigenvalue weighted by Crippen LogP contribution is -2.21. The van der Waals surface area contributed by atoms with Gasteiger partial charge in [-0.2, -0.15) is 13.2 Å². The molecule has 0 aliphatic carbocycles. The van der Waals surface area contributed by atoms with Crippen molar-refractivity contribution in [1.29, 1.82) is 0 Å².